The van der Waals surface area contributed by atoms with Crippen molar-refractivity contribution in [3.63, 3.8) is 0 Å². The number of nitrogens with one attached hydrogen (secondary N) is 3. The molecule has 21 heavy (non-hydrogen) atoms. The second kappa shape index (κ2) is 5.23. The molecule has 3 rings (SSSR count). The van der Waals surface area contributed by atoms with Crippen LogP contribution in [-0.4, -0.2) is 45.0 Å². The minimum atomic E-state index is -0.691. The van der Waals surface area contributed by atoms with Gasteiger partial charge in [0, 0.05) is 37.0 Å². The molecular weight excluding hydrogens is 274 g/mol. The predicted octanol–water partition coefficient (Wildman–Crippen LogP) is -0.338. The highest BCUT2D eigenvalue weighted by Crippen LogP contribution is 2.24. The molecular formula is C13H13N5O3. The first-order valence-corrected chi connectivity index (χ1v) is 6.41. The molecule has 0 bridgehead atoms. The minimum Gasteiger partial charge on any atom is -0.333 e. The third-order valence-corrected chi connectivity index (χ3v) is 3.34. The van der Waals surface area contributed by atoms with E-state index in [4.69, 9.17) is 0 Å². The van der Waals surface area contributed by atoms with E-state index in [1.54, 1.807) is 18.3 Å². The zero-order chi connectivity index (χ0) is 14.8. The zero-order valence-electron chi connectivity index (χ0n) is 11.0. The number of hydrogen-bond acceptors (Lipinski definition) is 4. The summed E-state index contributed by atoms with van der Waals surface area (Å²) in [5.74, 6) is -1.23. The fourth-order valence-electron chi connectivity index (χ4n) is 2.17. The number of carbonyl (C=O) groups is 2. The van der Waals surface area contributed by atoms with Crippen LogP contribution in [0.2, 0.25) is 0 Å². The van der Waals surface area contributed by atoms with Crippen LogP contribution in [0.15, 0.2) is 35.4 Å². The highest BCUT2D eigenvalue weighted by Gasteiger charge is 2.35. The Morgan fingerprint density at radius 3 is 2.76 bits per heavy atom. The Bertz CT molecular complexity index is 715. The molecule has 2 aromatic rings. The Morgan fingerprint density at radius 1 is 1.33 bits per heavy atom. The van der Waals surface area contributed by atoms with E-state index in [1.165, 1.54) is 17.2 Å². The number of carbonyl (C=O) groups excluding carboxylic acids is 2. The SMILES string of the molecule is O=C(Nc1cccnc1)C(=O)N1CC(c2cc(=O)[nH][nH]2)C1. The van der Waals surface area contributed by atoms with Crippen molar-refractivity contribution >= 4 is 17.5 Å². The molecule has 0 spiro atoms. The standard InChI is InChI=1S/C13H13N5O3/c19-11-4-10(16-17-11)8-6-18(7-8)13(21)12(20)15-9-2-1-3-14-5-9/h1-5,8H,6-7H2,(H,15,20)(H2,16,17,19). The van der Waals surface area contributed by atoms with Gasteiger partial charge in [0.1, 0.15) is 0 Å². The Balaban J connectivity index is 1.55. The van der Waals surface area contributed by atoms with Crippen molar-refractivity contribution in [2.24, 2.45) is 0 Å². The van der Waals surface area contributed by atoms with Gasteiger partial charge in [-0.05, 0) is 12.1 Å². The van der Waals surface area contributed by atoms with Crippen LogP contribution in [-0.2, 0) is 9.59 Å². The van der Waals surface area contributed by atoms with Crippen LogP contribution in [0, 0.1) is 0 Å². The van der Waals surface area contributed by atoms with Crippen LogP contribution >= 0.6 is 0 Å². The number of likely N-dealkylation sites (tertiary alicyclic amines) is 1. The predicted molar refractivity (Wildman–Crippen MR) is 73.6 cm³/mol. The van der Waals surface area contributed by atoms with E-state index in [2.05, 4.69) is 20.5 Å². The number of nitrogens with zero attached hydrogens (tertiary/aromatic N) is 2. The van der Waals surface area contributed by atoms with Gasteiger partial charge in [0.25, 0.3) is 5.56 Å². The molecule has 2 amide bonds. The molecule has 1 aliphatic heterocycles. The zero-order valence-corrected chi connectivity index (χ0v) is 11.0. The van der Waals surface area contributed by atoms with Gasteiger partial charge in [-0.25, -0.2) is 0 Å². The van der Waals surface area contributed by atoms with Gasteiger partial charge in [0.15, 0.2) is 0 Å². The molecule has 0 aliphatic carbocycles. The van der Waals surface area contributed by atoms with Crippen LogP contribution in [0.4, 0.5) is 5.69 Å². The van der Waals surface area contributed by atoms with Gasteiger partial charge in [-0.1, -0.05) is 0 Å². The lowest BCUT2D eigenvalue weighted by atomic mass is 9.96. The molecule has 1 fully saturated rings. The number of pyridine rings is 1. The molecule has 0 unspecified atom stereocenters. The van der Waals surface area contributed by atoms with E-state index in [0.717, 1.165) is 5.69 Å². The van der Waals surface area contributed by atoms with E-state index in [0.29, 0.717) is 18.8 Å². The van der Waals surface area contributed by atoms with Gasteiger partial charge in [-0.3, -0.25) is 24.5 Å². The first-order chi connectivity index (χ1) is 10.1. The summed E-state index contributed by atoms with van der Waals surface area (Å²) < 4.78 is 0. The lowest BCUT2D eigenvalue weighted by Gasteiger charge is -2.37. The highest BCUT2D eigenvalue weighted by atomic mass is 16.2. The van der Waals surface area contributed by atoms with Crippen molar-refractivity contribution < 1.29 is 9.59 Å². The van der Waals surface area contributed by atoms with Crippen LogP contribution in [0.5, 0.6) is 0 Å². The van der Waals surface area contributed by atoms with Crippen molar-refractivity contribution in [3.8, 4) is 0 Å². The second-order valence-corrected chi connectivity index (χ2v) is 4.82. The minimum absolute atomic E-state index is 0.0547. The molecule has 2 aromatic heterocycles. The number of aromatic nitrogens is 3. The number of H-pyrrole nitrogens is 2. The fraction of sp³-hybridized carbons (Fsp3) is 0.231. The van der Waals surface area contributed by atoms with Crippen LogP contribution in [0.1, 0.15) is 11.6 Å². The fourth-order valence-corrected chi connectivity index (χ4v) is 2.17. The summed E-state index contributed by atoms with van der Waals surface area (Å²) in [6.07, 6.45) is 3.05. The van der Waals surface area contributed by atoms with Gasteiger partial charge in [0.2, 0.25) is 0 Å². The summed E-state index contributed by atoms with van der Waals surface area (Å²) in [5.41, 5.74) is 1.02. The summed E-state index contributed by atoms with van der Waals surface area (Å²) in [6.45, 7) is 0.820. The molecule has 0 radical (unpaired) electrons. The summed E-state index contributed by atoms with van der Waals surface area (Å²) in [6, 6.07) is 4.78. The van der Waals surface area contributed by atoms with Crippen LogP contribution < -0.4 is 10.9 Å². The lowest BCUT2D eigenvalue weighted by molar-refractivity contribution is -0.146. The van der Waals surface area contributed by atoms with Crippen molar-refractivity contribution in [2.45, 2.75) is 5.92 Å². The Hall–Kier alpha value is -2.90. The molecule has 3 heterocycles. The lowest BCUT2D eigenvalue weighted by Crippen LogP contribution is -2.52. The molecule has 0 atom stereocenters. The van der Waals surface area contributed by atoms with Crippen LogP contribution in [0.25, 0.3) is 0 Å². The summed E-state index contributed by atoms with van der Waals surface area (Å²) in [4.78, 5) is 40.0. The number of rotatable bonds is 2. The third kappa shape index (κ3) is 2.69. The summed E-state index contributed by atoms with van der Waals surface area (Å²) in [7, 11) is 0. The molecule has 108 valence electrons. The van der Waals surface area contributed by atoms with Crippen molar-refractivity contribution in [1.29, 1.82) is 0 Å². The van der Waals surface area contributed by atoms with E-state index in [-0.39, 0.29) is 11.5 Å². The summed E-state index contributed by atoms with van der Waals surface area (Å²) in [5, 5.41) is 7.69. The van der Waals surface area contributed by atoms with E-state index >= 15 is 0 Å². The highest BCUT2D eigenvalue weighted by molar-refractivity contribution is 6.39. The normalized spacial score (nSPS) is 14.6. The van der Waals surface area contributed by atoms with Gasteiger partial charge in [-0.2, -0.15) is 0 Å². The Morgan fingerprint density at radius 2 is 2.14 bits per heavy atom. The molecule has 8 nitrogen and oxygen atoms in total. The first kappa shape index (κ1) is 13.1. The van der Waals surface area contributed by atoms with Crippen molar-refractivity contribution in [1.82, 2.24) is 20.1 Å². The van der Waals surface area contributed by atoms with Gasteiger partial charge in [0.05, 0.1) is 11.9 Å². The van der Waals surface area contributed by atoms with E-state index < -0.39 is 11.8 Å². The number of hydrogen-bond donors (Lipinski definition) is 3. The monoisotopic (exact) mass is 287 g/mol. The molecule has 3 N–H and O–H groups in total. The molecule has 0 aromatic carbocycles. The Kier molecular flexibility index (Phi) is 3.27. The molecule has 1 saturated heterocycles. The maximum Gasteiger partial charge on any atom is 0.313 e. The maximum absolute atomic E-state index is 11.9. The molecule has 1 aliphatic rings. The Labute approximate surface area is 119 Å². The van der Waals surface area contributed by atoms with Gasteiger partial charge < -0.3 is 15.3 Å². The van der Waals surface area contributed by atoms with Gasteiger partial charge in [-0.15, -0.1) is 0 Å². The average Bonchev–Trinajstić information content (AvgIpc) is 2.84. The first-order valence-electron chi connectivity index (χ1n) is 6.41. The van der Waals surface area contributed by atoms with Crippen molar-refractivity contribution in [2.75, 3.05) is 18.4 Å². The topological polar surface area (TPSA) is 111 Å². The number of anilines is 1. The van der Waals surface area contributed by atoms with Crippen molar-refractivity contribution in [3.05, 3.63) is 46.6 Å². The molecule has 0 saturated carbocycles. The van der Waals surface area contributed by atoms with Gasteiger partial charge >= 0.3 is 11.8 Å². The second-order valence-electron chi connectivity index (χ2n) is 4.82. The van der Waals surface area contributed by atoms with E-state index in [9.17, 15) is 14.4 Å². The maximum atomic E-state index is 11.9. The van der Waals surface area contributed by atoms with E-state index in [1.807, 2.05) is 0 Å². The quantitative estimate of drug-likeness (QED) is 0.656. The number of amides is 2. The van der Waals surface area contributed by atoms with Crippen LogP contribution in [0.3, 0.4) is 0 Å². The largest absolute Gasteiger partial charge is 0.333 e. The summed E-state index contributed by atoms with van der Waals surface area (Å²) >= 11 is 0. The smallest absolute Gasteiger partial charge is 0.313 e. The average molecular weight is 287 g/mol. The molecule has 8 heteroatoms. The third-order valence-electron chi connectivity index (χ3n) is 3.34. The number of aromatic amines is 2.